The molecule has 0 fully saturated rings. The zero-order chi connectivity index (χ0) is 16.2. The van der Waals surface area contributed by atoms with Crippen LogP contribution in [0.15, 0.2) is 41.0 Å². The summed E-state index contributed by atoms with van der Waals surface area (Å²) in [5, 5.41) is 3.06. The van der Waals surface area contributed by atoms with Crippen LogP contribution in [0.5, 0.6) is 0 Å². The predicted octanol–water partition coefficient (Wildman–Crippen LogP) is 3.15. The highest BCUT2D eigenvalue weighted by Crippen LogP contribution is 2.21. The van der Waals surface area contributed by atoms with Gasteiger partial charge in [-0.1, -0.05) is 31.2 Å². The predicted molar refractivity (Wildman–Crippen MR) is 90.4 cm³/mol. The molecule has 3 rings (SSSR count). The average Bonchev–Trinajstić information content (AvgIpc) is 3.01. The smallest absolute Gasteiger partial charge is 0.254 e. The average molecular weight is 312 g/mol. The van der Waals surface area contributed by atoms with Crippen LogP contribution in [0.2, 0.25) is 0 Å². The van der Waals surface area contributed by atoms with Gasteiger partial charge in [0.05, 0.1) is 11.8 Å². The van der Waals surface area contributed by atoms with Crippen molar-refractivity contribution >= 4 is 5.91 Å². The van der Waals surface area contributed by atoms with Crippen LogP contribution >= 0.6 is 0 Å². The molecule has 2 aromatic rings. The highest BCUT2D eigenvalue weighted by Gasteiger charge is 2.23. The van der Waals surface area contributed by atoms with Crippen LogP contribution < -0.4 is 5.32 Å². The number of carbonyl (C=O) groups is 1. The van der Waals surface area contributed by atoms with Gasteiger partial charge in [-0.2, -0.15) is 0 Å². The van der Waals surface area contributed by atoms with Crippen molar-refractivity contribution in [1.82, 2.24) is 10.2 Å². The Morgan fingerprint density at radius 3 is 2.78 bits per heavy atom. The van der Waals surface area contributed by atoms with Crippen LogP contribution in [-0.4, -0.2) is 29.9 Å². The Hall–Kier alpha value is -2.07. The number of aryl methyl sites for hydroxylation is 1. The summed E-state index contributed by atoms with van der Waals surface area (Å²) in [5.74, 6) is 0.620. The summed E-state index contributed by atoms with van der Waals surface area (Å²) in [5.41, 5.74) is 3.50. The Morgan fingerprint density at radius 1 is 1.30 bits per heavy atom. The van der Waals surface area contributed by atoms with Crippen molar-refractivity contribution in [3.05, 3.63) is 59.0 Å². The first kappa shape index (κ1) is 15.8. The summed E-state index contributed by atoms with van der Waals surface area (Å²) in [6, 6.07) is 10.7. The monoisotopic (exact) mass is 312 g/mol. The third-order valence-corrected chi connectivity index (χ3v) is 4.75. The van der Waals surface area contributed by atoms with Crippen LogP contribution in [0, 0.1) is 6.92 Å². The number of amides is 1. The first-order valence-corrected chi connectivity index (χ1v) is 8.32. The third-order valence-electron chi connectivity index (χ3n) is 4.75. The second-order valence-electron chi connectivity index (χ2n) is 6.15. The molecule has 1 atom stereocenters. The van der Waals surface area contributed by atoms with Crippen molar-refractivity contribution in [3.8, 4) is 0 Å². The van der Waals surface area contributed by atoms with Gasteiger partial charge in [0.15, 0.2) is 0 Å². The lowest BCUT2D eigenvalue weighted by Gasteiger charge is -2.35. The number of rotatable bonds is 5. The maximum atomic E-state index is 12.2. The highest BCUT2D eigenvalue weighted by atomic mass is 16.3. The molecule has 1 N–H and O–H groups in total. The molecule has 0 saturated heterocycles. The summed E-state index contributed by atoms with van der Waals surface area (Å²) >= 11 is 0. The van der Waals surface area contributed by atoms with Crippen molar-refractivity contribution in [1.29, 1.82) is 0 Å². The SMILES string of the molecule is CCC(CNC(=O)c1ccoc1C)N1CCc2ccccc2C1. The minimum Gasteiger partial charge on any atom is -0.469 e. The molecule has 1 amide bonds. The lowest BCUT2D eigenvalue weighted by atomic mass is 9.98. The number of nitrogens with one attached hydrogen (secondary N) is 1. The number of carbonyl (C=O) groups excluding carboxylic acids is 1. The second kappa shape index (κ2) is 7.01. The molecule has 1 aliphatic heterocycles. The van der Waals surface area contributed by atoms with Gasteiger partial charge in [0.1, 0.15) is 5.76 Å². The Morgan fingerprint density at radius 2 is 2.09 bits per heavy atom. The maximum absolute atomic E-state index is 12.2. The van der Waals surface area contributed by atoms with Gasteiger partial charge in [0.25, 0.3) is 5.91 Å². The summed E-state index contributed by atoms with van der Waals surface area (Å²) in [6.07, 6.45) is 3.66. The van der Waals surface area contributed by atoms with Crippen molar-refractivity contribution in [2.45, 2.75) is 39.3 Å². The molecule has 4 heteroatoms. The number of fused-ring (bicyclic) bond motifs is 1. The molecule has 2 heterocycles. The largest absolute Gasteiger partial charge is 0.469 e. The normalized spacial score (nSPS) is 15.9. The van der Waals surface area contributed by atoms with Crippen LogP contribution in [0.3, 0.4) is 0 Å². The molecule has 0 bridgehead atoms. The van der Waals surface area contributed by atoms with E-state index in [1.54, 1.807) is 12.3 Å². The minimum atomic E-state index is -0.0490. The molecule has 0 spiro atoms. The van der Waals surface area contributed by atoms with Gasteiger partial charge in [-0.25, -0.2) is 0 Å². The van der Waals surface area contributed by atoms with Crippen LogP contribution in [0.1, 0.15) is 40.6 Å². The maximum Gasteiger partial charge on any atom is 0.254 e. The van der Waals surface area contributed by atoms with Crippen molar-refractivity contribution in [2.24, 2.45) is 0 Å². The topological polar surface area (TPSA) is 45.5 Å². The first-order chi connectivity index (χ1) is 11.2. The van der Waals surface area contributed by atoms with Crippen LogP contribution in [0.25, 0.3) is 0 Å². The van der Waals surface area contributed by atoms with E-state index >= 15 is 0 Å². The van der Waals surface area contributed by atoms with E-state index in [0.29, 0.717) is 23.9 Å². The molecule has 0 radical (unpaired) electrons. The Balaban J connectivity index is 1.60. The standard InChI is InChI=1S/C19H24N2O2/c1-3-17(12-20-19(22)18-9-11-23-14(18)2)21-10-8-15-6-4-5-7-16(15)13-21/h4-7,9,11,17H,3,8,10,12-13H2,1-2H3,(H,20,22). The fourth-order valence-corrected chi connectivity index (χ4v) is 3.29. The van der Waals surface area contributed by atoms with Gasteiger partial charge in [0.2, 0.25) is 0 Å². The fourth-order valence-electron chi connectivity index (χ4n) is 3.29. The first-order valence-electron chi connectivity index (χ1n) is 8.32. The molecule has 0 saturated carbocycles. The summed E-state index contributed by atoms with van der Waals surface area (Å²) in [7, 11) is 0. The lowest BCUT2D eigenvalue weighted by Crippen LogP contribution is -2.45. The van der Waals surface area contributed by atoms with Gasteiger partial charge >= 0.3 is 0 Å². The van der Waals surface area contributed by atoms with Crippen LogP contribution in [0.4, 0.5) is 0 Å². The van der Waals surface area contributed by atoms with Gasteiger partial charge in [0, 0.05) is 25.7 Å². The zero-order valence-corrected chi connectivity index (χ0v) is 13.8. The van der Waals surface area contributed by atoms with E-state index in [1.165, 1.54) is 11.1 Å². The number of benzene rings is 1. The number of hydrogen-bond donors (Lipinski definition) is 1. The Labute approximate surface area is 137 Å². The van der Waals surface area contributed by atoms with Gasteiger partial charge in [-0.3, -0.25) is 9.69 Å². The minimum absolute atomic E-state index is 0.0490. The van der Waals surface area contributed by atoms with Crippen molar-refractivity contribution < 1.29 is 9.21 Å². The molecular weight excluding hydrogens is 288 g/mol. The fraction of sp³-hybridized carbons (Fsp3) is 0.421. The van der Waals surface area contributed by atoms with E-state index in [-0.39, 0.29) is 5.91 Å². The molecule has 122 valence electrons. The second-order valence-corrected chi connectivity index (χ2v) is 6.15. The number of nitrogens with zero attached hydrogens (tertiary/aromatic N) is 1. The summed E-state index contributed by atoms with van der Waals surface area (Å²) < 4.78 is 5.20. The summed E-state index contributed by atoms with van der Waals surface area (Å²) in [6.45, 7) is 6.68. The van der Waals surface area contributed by atoms with E-state index in [0.717, 1.165) is 25.9 Å². The van der Waals surface area contributed by atoms with Gasteiger partial charge in [-0.05, 0) is 37.0 Å². The molecular formula is C19H24N2O2. The molecule has 0 aliphatic carbocycles. The zero-order valence-electron chi connectivity index (χ0n) is 13.8. The Kier molecular flexibility index (Phi) is 4.82. The lowest BCUT2D eigenvalue weighted by molar-refractivity contribution is 0.0924. The molecule has 1 aromatic carbocycles. The van der Waals surface area contributed by atoms with E-state index < -0.39 is 0 Å². The van der Waals surface area contributed by atoms with Gasteiger partial charge in [-0.15, -0.1) is 0 Å². The van der Waals surface area contributed by atoms with E-state index in [4.69, 9.17) is 4.42 Å². The molecule has 1 aromatic heterocycles. The molecule has 23 heavy (non-hydrogen) atoms. The Bertz CT molecular complexity index is 678. The van der Waals surface area contributed by atoms with Crippen LogP contribution in [-0.2, 0) is 13.0 Å². The highest BCUT2D eigenvalue weighted by molar-refractivity contribution is 5.95. The molecule has 1 unspecified atom stereocenters. The van der Waals surface area contributed by atoms with Crippen molar-refractivity contribution in [2.75, 3.05) is 13.1 Å². The molecule has 1 aliphatic rings. The summed E-state index contributed by atoms with van der Waals surface area (Å²) in [4.78, 5) is 14.7. The van der Waals surface area contributed by atoms with Gasteiger partial charge < -0.3 is 9.73 Å². The number of hydrogen-bond acceptors (Lipinski definition) is 3. The van der Waals surface area contributed by atoms with Crippen molar-refractivity contribution in [3.63, 3.8) is 0 Å². The van der Waals surface area contributed by atoms with E-state index in [2.05, 4.69) is 41.4 Å². The third kappa shape index (κ3) is 3.48. The van der Waals surface area contributed by atoms with E-state index in [9.17, 15) is 4.79 Å². The number of furan rings is 1. The molecule has 4 nitrogen and oxygen atoms in total. The quantitative estimate of drug-likeness (QED) is 0.922. The van der Waals surface area contributed by atoms with E-state index in [1.807, 2.05) is 6.92 Å².